The van der Waals surface area contributed by atoms with Crippen LogP contribution in [0.15, 0.2) is 24.3 Å². The van der Waals surface area contributed by atoms with E-state index >= 15 is 0 Å². The quantitative estimate of drug-likeness (QED) is 0.921. The predicted octanol–water partition coefficient (Wildman–Crippen LogP) is 3.89. The van der Waals surface area contributed by atoms with Crippen molar-refractivity contribution in [2.75, 3.05) is 0 Å². The number of carbonyl (C=O) groups excluding carboxylic acids is 1. The topological polar surface area (TPSA) is 52.9 Å². The SMILES string of the molecule is CC(NC(=O)c1ccc(C#N)cc1)C12CC3CC(CC(C3)C1)C2. The van der Waals surface area contributed by atoms with Crippen molar-refractivity contribution in [2.24, 2.45) is 23.2 Å². The van der Waals surface area contributed by atoms with Crippen molar-refractivity contribution in [3.63, 3.8) is 0 Å². The first-order valence-electron chi connectivity index (χ1n) is 8.89. The highest BCUT2D eigenvalue weighted by Crippen LogP contribution is 2.61. The van der Waals surface area contributed by atoms with Crippen molar-refractivity contribution in [3.05, 3.63) is 35.4 Å². The molecule has 3 nitrogen and oxygen atoms in total. The molecule has 4 bridgehead atoms. The van der Waals surface area contributed by atoms with Crippen LogP contribution in [0.5, 0.6) is 0 Å². The van der Waals surface area contributed by atoms with Gasteiger partial charge in [-0.15, -0.1) is 0 Å². The number of rotatable bonds is 3. The third kappa shape index (κ3) is 2.55. The summed E-state index contributed by atoms with van der Waals surface area (Å²) in [6, 6.07) is 9.25. The predicted molar refractivity (Wildman–Crippen MR) is 88.7 cm³/mol. The number of hydrogen-bond donors (Lipinski definition) is 1. The van der Waals surface area contributed by atoms with Gasteiger partial charge >= 0.3 is 0 Å². The largest absolute Gasteiger partial charge is 0.349 e. The average molecular weight is 308 g/mol. The molecule has 0 spiro atoms. The lowest BCUT2D eigenvalue weighted by Gasteiger charge is -2.59. The molecule has 120 valence electrons. The van der Waals surface area contributed by atoms with E-state index in [2.05, 4.69) is 18.3 Å². The molecular weight excluding hydrogens is 284 g/mol. The number of hydrogen-bond acceptors (Lipinski definition) is 2. The number of nitrogens with one attached hydrogen (secondary N) is 1. The Bertz CT molecular complexity index is 620. The minimum atomic E-state index is -0.00210. The van der Waals surface area contributed by atoms with Crippen LogP contribution in [0.2, 0.25) is 0 Å². The molecule has 0 aliphatic heterocycles. The van der Waals surface area contributed by atoms with E-state index in [4.69, 9.17) is 5.26 Å². The summed E-state index contributed by atoms with van der Waals surface area (Å²) in [5.74, 6) is 2.69. The minimum Gasteiger partial charge on any atom is -0.349 e. The van der Waals surface area contributed by atoms with E-state index in [9.17, 15) is 4.79 Å². The zero-order valence-electron chi connectivity index (χ0n) is 13.7. The van der Waals surface area contributed by atoms with Gasteiger partial charge in [-0.1, -0.05) is 0 Å². The second-order valence-corrected chi connectivity index (χ2v) is 8.16. The summed E-state index contributed by atoms with van der Waals surface area (Å²) in [4.78, 5) is 12.6. The van der Waals surface area contributed by atoms with Crippen molar-refractivity contribution in [1.29, 1.82) is 5.26 Å². The number of benzene rings is 1. The fraction of sp³-hybridized carbons (Fsp3) is 0.600. The summed E-state index contributed by atoms with van der Waals surface area (Å²) >= 11 is 0. The van der Waals surface area contributed by atoms with Gasteiger partial charge in [-0.05, 0) is 92.9 Å². The second-order valence-electron chi connectivity index (χ2n) is 8.16. The monoisotopic (exact) mass is 308 g/mol. The van der Waals surface area contributed by atoms with Crippen LogP contribution in [0.4, 0.5) is 0 Å². The molecule has 0 saturated heterocycles. The molecule has 4 fully saturated rings. The van der Waals surface area contributed by atoms with E-state index in [-0.39, 0.29) is 11.9 Å². The summed E-state index contributed by atoms with van der Waals surface area (Å²) in [6.45, 7) is 2.20. The third-order valence-electron chi connectivity index (χ3n) is 6.63. The van der Waals surface area contributed by atoms with Crippen molar-refractivity contribution in [1.82, 2.24) is 5.32 Å². The molecule has 0 heterocycles. The van der Waals surface area contributed by atoms with Gasteiger partial charge < -0.3 is 5.32 Å². The number of nitriles is 1. The van der Waals surface area contributed by atoms with Crippen LogP contribution in [0.3, 0.4) is 0 Å². The van der Waals surface area contributed by atoms with Gasteiger partial charge in [0.25, 0.3) is 5.91 Å². The summed E-state index contributed by atoms with van der Waals surface area (Å²) in [5, 5.41) is 12.1. The molecule has 1 aromatic carbocycles. The maximum Gasteiger partial charge on any atom is 0.251 e. The first kappa shape index (κ1) is 14.8. The number of nitrogens with zero attached hydrogens (tertiary/aromatic N) is 1. The van der Waals surface area contributed by atoms with Gasteiger partial charge in [-0.25, -0.2) is 0 Å². The van der Waals surface area contributed by atoms with E-state index in [1.165, 1.54) is 38.5 Å². The molecule has 3 heteroatoms. The van der Waals surface area contributed by atoms with Gasteiger partial charge in [0.15, 0.2) is 0 Å². The van der Waals surface area contributed by atoms with E-state index in [0.29, 0.717) is 16.5 Å². The number of amides is 1. The highest BCUT2D eigenvalue weighted by Gasteiger charge is 2.53. The van der Waals surface area contributed by atoms with Crippen LogP contribution >= 0.6 is 0 Å². The van der Waals surface area contributed by atoms with Crippen molar-refractivity contribution in [3.8, 4) is 6.07 Å². The molecule has 1 atom stereocenters. The lowest BCUT2D eigenvalue weighted by Crippen LogP contribution is -2.55. The Morgan fingerprint density at radius 1 is 1.13 bits per heavy atom. The van der Waals surface area contributed by atoms with Crippen LogP contribution in [0.25, 0.3) is 0 Å². The van der Waals surface area contributed by atoms with Crippen molar-refractivity contribution < 1.29 is 4.79 Å². The Labute approximate surface area is 138 Å². The fourth-order valence-corrected chi connectivity index (χ4v) is 5.84. The van der Waals surface area contributed by atoms with Crippen LogP contribution in [0, 0.1) is 34.5 Å². The Balaban J connectivity index is 1.48. The molecule has 1 unspecified atom stereocenters. The maximum atomic E-state index is 12.6. The Kier molecular flexibility index (Phi) is 3.44. The highest BCUT2D eigenvalue weighted by atomic mass is 16.1. The lowest BCUT2D eigenvalue weighted by atomic mass is 9.48. The van der Waals surface area contributed by atoms with Crippen LogP contribution in [-0.2, 0) is 0 Å². The van der Waals surface area contributed by atoms with Gasteiger partial charge in [-0.2, -0.15) is 5.26 Å². The third-order valence-corrected chi connectivity index (χ3v) is 6.63. The Morgan fingerprint density at radius 2 is 1.65 bits per heavy atom. The Hall–Kier alpha value is -1.82. The molecule has 4 aliphatic carbocycles. The van der Waals surface area contributed by atoms with Crippen LogP contribution in [0.1, 0.15) is 61.4 Å². The average Bonchev–Trinajstić information content (AvgIpc) is 2.53. The second kappa shape index (κ2) is 5.37. The molecule has 4 saturated carbocycles. The zero-order valence-corrected chi connectivity index (χ0v) is 13.7. The van der Waals surface area contributed by atoms with Crippen LogP contribution < -0.4 is 5.32 Å². The summed E-state index contributed by atoms with van der Waals surface area (Å²) in [5.41, 5.74) is 1.58. The van der Waals surface area contributed by atoms with Gasteiger partial charge in [-0.3, -0.25) is 4.79 Å². The molecule has 1 amide bonds. The zero-order chi connectivity index (χ0) is 16.0. The van der Waals surface area contributed by atoms with Crippen LogP contribution in [-0.4, -0.2) is 11.9 Å². The smallest absolute Gasteiger partial charge is 0.251 e. The molecule has 1 N–H and O–H groups in total. The minimum absolute atomic E-state index is 0.00210. The van der Waals surface area contributed by atoms with Gasteiger partial charge in [0.1, 0.15) is 0 Å². The first-order valence-corrected chi connectivity index (χ1v) is 8.89. The van der Waals surface area contributed by atoms with Crippen molar-refractivity contribution >= 4 is 5.91 Å². The van der Waals surface area contributed by atoms with E-state index in [1.54, 1.807) is 24.3 Å². The molecule has 5 rings (SSSR count). The molecule has 0 aromatic heterocycles. The van der Waals surface area contributed by atoms with Gasteiger partial charge in [0.2, 0.25) is 0 Å². The first-order chi connectivity index (χ1) is 11.1. The standard InChI is InChI=1S/C20H24N2O/c1-13(22-19(23)18-4-2-14(12-21)3-5-18)20-9-15-6-16(10-20)8-17(7-15)11-20/h2-5,13,15-17H,6-11H2,1H3,(H,22,23). The maximum absolute atomic E-state index is 12.6. The molecular formula is C20H24N2O. The highest BCUT2D eigenvalue weighted by molar-refractivity contribution is 5.94. The van der Waals surface area contributed by atoms with Crippen molar-refractivity contribution in [2.45, 2.75) is 51.5 Å². The summed E-state index contributed by atoms with van der Waals surface area (Å²) in [6.07, 6.45) is 8.18. The summed E-state index contributed by atoms with van der Waals surface area (Å²) < 4.78 is 0. The molecule has 1 aromatic rings. The Morgan fingerprint density at radius 3 is 2.13 bits per heavy atom. The van der Waals surface area contributed by atoms with Gasteiger partial charge in [0.05, 0.1) is 11.6 Å². The normalized spacial score (nSPS) is 35.6. The molecule has 4 aliphatic rings. The summed E-state index contributed by atoms with van der Waals surface area (Å²) in [7, 11) is 0. The van der Waals surface area contributed by atoms with E-state index in [1.807, 2.05) is 0 Å². The fourth-order valence-electron chi connectivity index (χ4n) is 5.84. The lowest BCUT2D eigenvalue weighted by molar-refractivity contribution is -0.0688. The molecule has 23 heavy (non-hydrogen) atoms. The number of carbonyl (C=O) groups is 1. The molecule has 0 radical (unpaired) electrons. The van der Waals surface area contributed by atoms with Gasteiger partial charge in [0, 0.05) is 11.6 Å². The van der Waals surface area contributed by atoms with E-state index in [0.717, 1.165) is 17.8 Å². The van der Waals surface area contributed by atoms with E-state index < -0.39 is 0 Å².